The van der Waals surface area contributed by atoms with Crippen LogP contribution in [0.15, 0.2) is 88.9 Å². The fourth-order valence-corrected chi connectivity index (χ4v) is 4.72. The van der Waals surface area contributed by atoms with E-state index in [1.165, 1.54) is 23.9 Å². The van der Waals surface area contributed by atoms with Gasteiger partial charge in [-0.15, -0.1) is 0 Å². The Morgan fingerprint density at radius 2 is 1.69 bits per heavy atom. The molecule has 0 radical (unpaired) electrons. The number of nitrogens with one attached hydrogen (secondary N) is 1. The number of carbonyl (C=O) groups excluding carboxylic acids is 1. The number of hydrogen-bond donors (Lipinski definition) is 2. The summed E-state index contributed by atoms with van der Waals surface area (Å²) in [6.45, 7) is 1.84. The number of primary sulfonamides is 1. The third kappa shape index (κ3) is 4.85. The van der Waals surface area contributed by atoms with Crippen molar-refractivity contribution in [3.8, 4) is 5.69 Å². The molecule has 0 saturated heterocycles. The van der Waals surface area contributed by atoms with Gasteiger partial charge in [-0.2, -0.15) is 0 Å². The van der Waals surface area contributed by atoms with Gasteiger partial charge in [0, 0.05) is 5.69 Å². The molecule has 0 aliphatic heterocycles. The monoisotopic (exact) mass is 466 g/mol. The number of imidazole rings is 1. The lowest BCUT2D eigenvalue weighted by molar-refractivity contribution is -0.119. The minimum Gasteiger partial charge on any atom is -0.349 e. The number of benzene rings is 3. The van der Waals surface area contributed by atoms with Crippen molar-refractivity contribution in [2.45, 2.75) is 23.0 Å². The lowest BCUT2D eigenvalue weighted by atomic mass is 10.1. The number of amides is 1. The quantitative estimate of drug-likeness (QED) is 0.404. The van der Waals surface area contributed by atoms with Crippen molar-refractivity contribution in [3.63, 3.8) is 0 Å². The lowest BCUT2D eigenvalue weighted by Crippen LogP contribution is -2.28. The molecule has 4 rings (SSSR count). The average Bonchev–Trinajstić information content (AvgIpc) is 3.16. The molecule has 32 heavy (non-hydrogen) atoms. The van der Waals surface area contributed by atoms with E-state index in [2.05, 4.69) is 5.32 Å². The van der Waals surface area contributed by atoms with E-state index in [-0.39, 0.29) is 22.6 Å². The molecule has 7 nitrogen and oxygen atoms in total. The van der Waals surface area contributed by atoms with Gasteiger partial charge in [0.05, 0.1) is 27.7 Å². The fraction of sp³-hybridized carbons (Fsp3) is 0.130. The van der Waals surface area contributed by atoms with Crippen LogP contribution in [-0.4, -0.2) is 29.6 Å². The molecule has 0 fully saturated rings. The lowest BCUT2D eigenvalue weighted by Gasteiger charge is -2.15. The molecule has 4 aromatic rings. The average molecular weight is 467 g/mol. The summed E-state index contributed by atoms with van der Waals surface area (Å²) in [5.41, 5.74) is 3.60. The number of thioether (sulfide) groups is 1. The first-order chi connectivity index (χ1) is 15.3. The van der Waals surface area contributed by atoms with Crippen molar-refractivity contribution in [2.24, 2.45) is 5.14 Å². The van der Waals surface area contributed by atoms with Crippen LogP contribution in [0.5, 0.6) is 0 Å². The second kappa shape index (κ2) is 9.15. The smallest absolute Gasteiger partial charge is 0.238 e. The van der Waals surface area contributed by atoms with Gasteiger partial charge in [-0.25, -0.2) is 18.5 Å². The van der Waals surface area contributed by atoms with Crippen molar-refractivity contribution >= 4 is 38.7 Å². The van der Waals surface area contributed by atoms with Crippen LogP contribution in [0.25, 0.3) is 16.7 Å². The normalized spacial score (nSPS) is 12.6. The van der Waals surface area contributed by atoms with E-state index in [1.54, 1.807) is 12.1 Å². The number of aromatic nitrogens is 2. The number of nitrogens with zero attached hydrogens (tertiary/aromatic N) is 2. The molecule has 9 heteroatoms. The van der Waals surface area contributed by atoms with Gasteiger partial charge in [-0.1, -0.05) is 54.2 Å². The summed E-state index contributed by atoms with van der Waals surface area (Å²) in [5.74, 6) is 0.0418. The van der Waals surface area contributed by atoms with Gasteiger partial charge in [0.2, 0.25) is 15.9 Å². The Bertz CT molecular complexity index is 1350. The number of para-hydroxylation sites is 3. The van der Waals surface area contributed by atoms with E-state index < -0.39 is 10.0 Å². The van der Waals surface area contributed by atoms with Crippen molar-refractivity contribution in [1.29, 1.82) is 0 Å². The molecule has 0 saturated carbocycles. The van der Waals surface area contributed by atoms with Gasteiger partial charge in [-0.3, -0.25) is 9.36 Å². The van der Waals surface area contributed by atoms with Gasteiger partial charge in [0.1, 0.15) is 0 Å². The summed E-state index contributed by atoms with van der Waals surface area (Å²) in [7, 11) is -3.75. The Labute approximate surface area is 190 Å². The summed E-state index contributed by atoms with van der Waals surface area (Å²) in [4.78, 5) is 17.3. The van der Waals surface area contributed by atoms with Gasteiger partial charge in [0.15, 0.2) is 5.16 Å². The first-order valence-corrected chi connectivity index (χ1v) is 12.4. The third-order valence-electron chi connectivity index (χ3n) is 4.96. The molecule has 1 aromatic heterocycles. The molecule has 3 N–H and O–H groups in total. The molecule has 0 aliphatic carbocycles. The minimum absolute atomic E-state index is 0.0372. The Morgan fingerprint density at radius 1 is 1.03 bits per heavy atom. The predicted molar refractivity (Wildman–Crippen MR) is 126 cm³/mol. The largest absolute Gasteiger partial charge is 0.349 e. The topological polar surface area (TPSA) is 107 Å². The van der Waals surface area contributed by atoms with Crippen molar-refractivity contribution < 1.29 is 13.2 Å². The van der Waals surface area contributed by atoms with Crippen LogP contribution in [0.3, 0.4) is 0 Å². The van der Waals surface area contributed by atoms with Crippen molar-refractivity contribution in [2.75, 3.05) is 5.75 Å². The Kier molecular flexibility index (Phi) is 6.31. The molecule has 1 unspecified atom stereocenters. The predicted octanol–water partition coefficient (Wildman–Crippen LogP) is 3.64. The maximum absolute atomic E-state index is 12.6. The van der Waals surface area contributed by atoms with Gasteiger partial charge in [0.25, 0.3) is 0 Å². The highest BCUT2D eigenvalue weighted by molar-refractivity contribution is 7.99. The molecule has 0 aliphatic rings. The maximum Gasteiger partial charge on any atom is 0.238 e. The molecule has 1 amide bonds. The molecule has 3 aromatic carbocycles. The second-order valence-corrected chi connectivity index (χ2v) is 9.75. The van der Waals surface area contributed by atoms with E-state index in [0.29, 0.717) is 0 Å². The van der Waals surface area contributed by atoms with Crippen LogP contribution < -0.4 is 10.5 Å². The van der Waals surface area contributed by atoms with Crippen LogP contribution in [0.2, 0.25) is 0 Å². The number of fused-ring (bicyclic) bond motifs is 1. The summed E-state index contributed by atoms with van der Waals surface area (Å²) < 4.78 is 24.9. The molecule has 1 atom stereocenters. The zero-order valence-electron chi connectivity index (χ0n) is 17.3. The minimum atomic E-state index is -3.75. The van der Waals surface area contributed by atoms with Crippen LogP contribution in [0, 0.1) is 0 Å². The van der Waals surface area contributed by atoms with Crippen LogP contribution >= 0.6 is 11.8 Å². The molecule has 164 valence electrons. The Hall–Kier alpha value is -3.14. The molecule has 0 spiro atoms. The molecular formula is C23H22N4O3S2. The number of hydrogen-bond acceptors (Lipinski definition) is 5. The SMILES string of the molecule is CC(NC(=O)CSc1nc2ccccc2n1-c1ccccc1)c1ccc(S(N)(=O)=O)cc1. The maximum atomic E-state index is 12.6. The highest BCUT2D eigenvalue weighted by Crippen LogP contribution is 2.28. The third-order valence-corrected chi connectivity index (χ3v) is 6.83. The van der Waals surface area contributed by atoms with E-state index in [0.717, 1.165) is 27.4 Å². The summed E-state index contributed by atoms with van der Waals surface area (Å²) in [5, 5.41) is 8.81. The Balaban J connectivity index is 1.47. The first kappa shape index (κ1) is 22.1. The fourth-order valence-electron chi connectivity index (χ4n) is 3.37. The number of carbonyl (C=O) groups is 1. The second-order valence-electron chi connectivity index (χ2n) is 7.25. The van der Waals surface area contributed by atoms with Crippen molar-refractivity contribution in [3.05, 3.63) is 84.4 Å². The van der Waals surface area contributed by atoms with E-state index in [9.17, 15) is 13.2 Å². The zero-order valence-corrected chi connectivity index (χ0v) is 18.9. The van der Waals surface area contributed by atoms with Crippen molar-refractivity contribution in [1.82, 2.24) is 14.9 Å². The number of sulfonamides is 1. The van der Waals surface area contributed by atoms with Crippen LogP contribution in [0.1, 0.15) is 18.5 Å². The summed E-state index contributed by atoms with van der Waals surface area (Å²) in [6.07, 6.45) is 0. The highest BCUT2D eigenvalue weighted by atomic mass is 32.2. The van der Waals surface area contributed by atoms with E-state index in [4.69, 9.17) is 10.1 Å². The van der Waals surface area contributed by atoms with Gasteiger partial charge in [-0.05, 0) is 48.9 Å². The standard InChI is InChI=1S/C23H22N4O3S2/c1-16(17-11-13-19(14-12-17)32(24,29)30)25-22(28)15-31-23-26-20-9-5-6-10-21(20)27(23)18-7-3-2-4-8-18/h2-14,16H,15H2,1H3,(H,25,28)(H2,24,29,30). The van der Waals surface area contributed by atoms with Crippen LogP contribution in [0.4, 0.5) is 0 Å². The molecule has 1 heterocycles. The van der Waals surface area contributed by atoms with E-state index >= 15 is 0 Å². The van der Waals surface area contributed by atoms with E-state index in [1.807, 2.05) is 66.1 Å². The molecule has 0 bridgehead atoms. The summed E-state index contributed by atoms with van der Waals surface area (Å²) >= 11 is 1.36. The van der Waals surface area contributed by atoms with Gasteiger partial charge < -0.3 is 5.32 Å². The van der Waals surface area contributed by atoms with Crippen LogP contribution in [-0.2, 0) is 14.8 Å². The van der Waals surface area contributed by atoms with Gasteiger partial charge >= 0.3 is 0 Å². The molecular weight excluding hydrogens is 444 g/mol. The number of rotatable bonds is 7. The summed E-state index contributed by atoms with van der Waals surface area (Å²) in [6, 6.07) is 23.6. The zero-order chi connectivity index (χ0) is 22.7. The first-order valence-electron chi connectivity index (χ1n) is 9.91. The number of nitrogens with two attached hydrogens (primary N) is 1. The Morgan fingerprint density at radius 3 is 2.38 bits per heavy atom. The highest BCUT2D eigenvalue weighted by Gasteiger charge is 2.16.